The van der Waals surface area contributed by atoms with Crippen molar-refractivity contribution < 1.29 is 4.74 Å². The van der Waals surface area contributed by atoms with Crippen LogP contribution < -0.4 is 10.6 Å². The lowest BCUT2D eigenvalue weighted by molar-refractivity contribution is 0.0372. The molecule has 23 heavy (non-hydrogen) atoms. The van der Waals surface area contributed by atoms with E-state index in [1.54, 1.807) is 11.3 Å². The topological polar surface area (TPSA) is 61.8 Å². The monoisotopic (exact) mass is 339 g/mol. The van der Waals surface area contributed by atoms with Crippen molar-refractivity contribution in [3.8, 4) is 0 Å². The van der Waals surface area contributed by atoms with Gasteiger partial charge in [-0.25, -0.2) is 9.98 Å². The van der Waals surface area contributed by atoms with Gasteiger partial charge in [0, 0.05) is 37.3 Å². The Bertz CT molecular complexity index is 471. The van der Waals surface area contributed by atoms with Gasteiger partial charge in [0.2, 0.25) is 0 Å². The molecule has 0 amide bonds. The predicted octanol–water partition coefficient (Wildman–Crippen LogP) is 1.62. The lowest BCUT2D eigenvalue weighted by atomic mass is 10.3. The van der Waals surface area contributed by atoms with E-state index in [0.29, 0.717) is 6.54 Å². The largest absolute Gasteiger partial charge is 0.379 e. The summed E-state index contributed by atoms with van der Waals surface area (Å²) in [5, 5.41) is 7.76. The lowest BCUT2D eigenvalue weighted by Crippen LogP contribution is -2.39. The highest BCUT2D eigenvalue weighted by Crippen LogP contribution is 2.11. The molecule has 0 aromatic carbocycles. The average molecular weight is 340 g/mol. The molecule has 0 unspecified atom stereocenters. The van der Waals surface area contributed by atoms with Crippen LogP contribution in [-0.4, -0.2) is 61.8 Å². The SMILES string of the molecule is CCNC(=NCc1ncc(C)s1)NCCCCN1CCOCC1. The lowest BCUT2D eigenvalue weighted by Gasteiger charge is -2.26. The van der Waals surface area contributed by atoms with Gasteiger partial charge in [-0.2, -0.15) is 0 Å². The van der Waals surface area contributed by atoms with Gasteiger partial charge in [0.1, 0.15) is 5.01 Å². The van der Waals surface area contributed by atoms with Crippen molar-refractivity contribution in [2.24, 2.45) is 4.99 Å². The number of hydrogen-bond acceptors (Lipinski definition) is 5. The zero-order chi connectivity index (χ0) is 16.3. The van der Waals surface area contributed by atoms with Crippen LogP contribution in [0.3, 0.4) is 0 Å². The molecule has 1 aliphatic heterocycles. The molecular weight excluding hydrogens is 310 g/mol. The van der Waals surface area contributed by atoms with E-state index >= 15 is 0 Å². The molecule has 1 fully saturated rings. The summed E-state index contributed by atoms with van der Waals surface area (Å²) < 4.78 is 5.37. The minimum atomic E-state index is 0.640. The number of thiazole rings is 1. The van der Waals surface area contributed by atoms with Gasteiger partial charge in [0.05, 0.1) is 19.8 Å². The molecule has 0 aliphatic carbocycles. The third kappa shape index (κ3) is 7.28. The van der Waals surface area contributed by atoms with Gasteiger partial charge in [-0.1, -0.05) is 0 Å². The number of guanidine groups is 1. The maximum absolute atomic E-state index is 5.37. The summed E-state index contributed by atoms with van der Waals surface area (Å²) in [6.45, 7) is 11.7. The van der Waals surface area contributed by atoms with Gasteiger partial charge in [0.25, 0.3) is 0 Å². The molecule has 1 saturated heterocycles. The van der Waals surface area contributed by atoms with E-state index in [4.69, 9.17) is 4.74 Å². The Hall–Kier alpha value is -1.18. The van der Waals surface area contributed by atoms with Crippen LogP contribution in [0.2, 0.25) is 0 Å². The first-order chi connectivity index (χ1) is 11.3. The Morgan fingerprint density at radius 1 is 1.35 bits per heavy atom. The minimum Gasteiger partial charge on any atom is -0.379 e. The highest BCUT2D eigenvalue weighted by Gasteiger charge is 2.09. The number of ether oxygens (including phenoxy) is 1. The maximum atomic E-state index is 5.37. The van der Waals surface area contributed by atoms with Crippen molar-refractivity contribution in [3.05, 3.63) is 16.1 Å². The van der Waals surface area contributed by atoms with Crippen molar-refractivity contribution >= 4 is 17.3 Å². The Morgan fingerprint density at radius 2 is 2.17 bits per heavy atom. The third-order valence-electron chi connectivity index (χ3n) is 3.68. The number of aliphatic imine (C=N–C) groups is 1. The van der Waals surface area contributed by atoms with Gasteiger partial charge in [0.15, 0.2) is 5.96 Å². The molecule has 2 N–H and O–H groups in total. The number of rotatable bonds is 8. The van der Waals surface area contributed by atoms with Crippen LogP contribution in [0.1, 0.15) is 29.7 Å². The molecule has 2 rings (SSSR count). The summed E-state index contributed by atoms with van der Waals surface area (Å²) in [4.78, 5) is 12.7. The van der Waals surface area contributed by atoms with Gasteiger partial charge in [-0.05, 0) is 33.2 Å². The van der Waals surface area contributed by atoms with Crippen LogP contribution in [0.5, 0.6) is 0 Å². The summed E-state index contributed by atoms with van der Waals surface area (Å²) in [6.07, 6.45) is 4.26. The summed E-state index contributed by atoms with van der Waals surface area (Å²) in [7, 11) is 0. The van der Waals surface area contributed by atoms with E-state index in [1.165, 1.54) is 11.3 Å². The van der Waals surface area contributed by atoms with Gasteiger partial charge in [-0.15, -0.1) is 11.3 Å². The summed E-state index contributed by atoms with van der Waals surface area (Å²) in [5.41, 5.74) is 0. The zero-order valence-corrected chi connectivity index (χ0v) is 15.1. The van der Waals surface area contributed by atoms with Crippen molar-refractivity contribution in [1.29, 1.82) is 0 Å². The molecule has 0 saturated carbocycles. The van der Waals surface area contributed by atoms with Gasteiger partial charge < -0.3 is 15.4 Å². The second kappa shape index (κ2) is 10.6. The number of aryl methyl sites for hydroxylation is 1. The van der Waals surface area contributed by atoms with Gasteiger partial charge >= 0.3 is 0 Å². The fourth-order valence-electron chi connectivity index (χ4n) is 2.45. The summed E-state index contributed by atoms with van der Waals surface area (Å²) in [6, 6.07) is 0. The van der Waals surface area contributed by atoms with Gasteiger partial charge in [-0.3, -0.25) is 4.90 Å². The average Bonchev–Trinajstić information content (AvgIpc) is 2.98. The van der Waals surface area contributed by atoms with E-state index in [1.807, 2.05) is 6.20 Å². The highest BCUT2D eigenvalue weighted by atomic mass is 32.1. The molecule has 1 aromatic heterocycles. The van der Waals surface area contributed by atoms with Crippen LogP contribution in [-0.2, 0) is 11.3 Å². The molecule has 6 nitrogen and oxygen atoms in total. The molecule has 7 heteroatoms. The maximum Gasteiger partial charge on any atom is 0.191 e. The van der Waals surface area contributed by atoms with Crippen molar-refractivity contribution in [2.45, 2.75) is 33.2 Å². The molecule has 0 bridgehead atoms. The van der Waals surface area contributed by atoms with Crippen molar-refractivity contribution in [2.75, 3.05) is 45.9 Å². The van der Waals surface area contributed by atoms with E-state index in [9.17, 15) is 0 Å². The molecule has 1 aliphatic rings. The number of nitrogens with one attached hydrogen (secondary N) is 2. The summed E-state index contributed by atoms with van der Waals surface area (Å²) >= 11 is 1.71. The first-order valence-corrected chi connectivity index (χ1v) is 9.33. The standard InChI is InChI=1S/C16H29N5OS/c1-3-17-16(20-13-15-19-12-14(2)23-15)18-6-4-5-7-21-8-10-22-11-9-21/h12H,3-11,13H2,1-2H3,(H2,17,18,20). The molecule has 0 atom stereocenters. The predicted molar refractivity (Wildman–Crippen MR) is 96.2 cm³/mol. The fourth-order valence-corrected chi connectivity index (χ4v) is 3.17. The van der Waals surface area contributed by atoms with E-state index in [0.717, 1.165) is 63.3 Å². The Morgan fingerprint density at radius 3 is 2.87 bits per heavy atom. The first kappa shape index (κ1) is 18.2. The second-order valence-electron chi connectivity index (χ2n) is 5.65. The Balaban J connectivity index is 1.63. The van der Waals surface area contributed by atoms with Crippen LogP contribution in [0.25, 0.3) is 0 Å². The third-order valence-corrected chi connectivity index (χ3v) is 4.58. The van der Waals surface area contributed by atoms with E-state index < -0.39 is 0 Å². The van der Waals surface area contributed by atoms with E-state index in [2.05, 4.69) is 39.4 Å². The fraction of sp³-hybridized carbons (Fsp3) is 0.750. The molecule has 0 radical (unpaired) electrons. The normalized spacial score (nSPS) is 16.5. The quantitative estimate of drug-likeness (QED) is 0.428. The summed E-state index contributed by atoms with van der Waals surface area (Å²) in [5.74, 6) is 0.881. The van der Waals surface area contributed by atoms with Crippen LogP contribution in [0.15, 0.2) is 11.2 Å². The smallest absolute Gasteiger partial charge is 0.191 e. The number of morpholine rings is 1. The molecule has 2 heterocycles. The van der Waals surface area contributed by atoms with Crippen LogP contribution in [0, 0.1) is 6.92 Å². The highest BCUT2D eigenvalue weighted by molar-refractivity contribution is 7.11. The number of hydrogen-bond donors (Lipinski definition) is 2. The number of aromatic nitrogens is 1. The van der Waals surface area contributed by atoms with Crippen LogP contribution >= 0.6 is 11.3 Å². The number of nitrogens with zero attached hydrogens (tertiary/aromatic N) is 3. The molecule has 1 aromatic rings. The molecule has 0 spiro atoms. The van der Waals surface area contributed by atoms with E-state index in [-0.39, 0.29) is 0 Å². The van der Waals surface area contributed by atoms with Crippen molar-refractivity contribution in [3.63, 3.8) is 0 Å². The Kier molecular flexibility index (Phi) is 8.35. The van der Waals surface area contributed by atoms with Crippen LogP contribution in [0.4, 0.5) is 0 Å². The first-order valence-electron chi connectivity index (χ1n) is 8.51. The zero-order valence-electron chi connectivity index (χ0n) is 14.3. The van der Waals surface area contributed by atoms with Crippen molar-refractivity contribution in [1.82, 2.24) is 20.5 Å². The second-order valence-corrected chi connectivity index (χ2v) is 6.97. The number of unbranched alkanes of at least 4 members (excludes halogenated alkanes) is 1. The molecular formula is C16H29N5OS. The molecule has 130 valence electrons. The Labute approximate surface area is 143 Å². The minimum absolute atomic E-state index is 0.640.